The Morgan fingerprint density at radius 1 is 1.08 bits per heavy atom. The number of hydrogen-bond donors (Lipinski definition) is 0. The van der Waals surface area contributed by atoms with Gasteiger partial charge in [0.2, 0.25) is 0 Å². The SMILES string of the molecule is CCc1ccc([C]2CCC2)cc1. The molecule has 0 amide bonds. The molecular formula is C12H15. The average Bonchev–Trinajstić information content (AvgIpc) is 2.03. The van der Waals surface area contributed by atoms with Crippen LogP contribution in [-0.4, -0.2) is 0 Å². The summed E-state index contributed by atoms with van der Waals surface area (Å²) in [5.74, 6) is 1.65. The van der Waals surface area contributed by atoms with Gasteiger partial charge in [-0.25, -0.2) is 0 Å². The second-order valence-corrected chi connectivity index (χ2v) is 3.51. The summed E-state index contributed by atoms with van der Waals surface area (Å²) < 4.78 is 0. The standard InChI is InChI=1S/C12H15/c1-2-10-6-8-12(9-7-10)11-4-3-5-11/h6-9H,2-5H2,1H3. The van der Waals surface area contributed by atoms with Gasteiger partial charge in [-0.05, 0) is 30.4 Å². The van der Waals surface area contributed by atoms with Gasteiger partial charge in [-0.1, -0.05) is 37.6 Å². The number of benzene rings is 1. The van der Waals surface area contributed by atoms with Crippen LogP contribution in [0.3, 0.4) is 0 Å². The van der Waals surface area contributed by atoms with Gasteiger partial charge in [-0.15, -0.1) is 0 Å². The third kappa shape index (κ3) is 1.38. The van der Waals surface area contributed by atoms with E-state index in [0.29, 0.717) is 0 Å². The first-order chi connectivity index (χ1) is 5.90. The first-order valence-electron chi connectivity index (χ1n) is 4.84. The highest BCUT2D eigenvalue weighted by molar-refractivity contribution is 5.35. The summed E-state index contributed by atoms with van der Waals surface area (Å²) in [4.78, 5) is 0. The molecule has 0 spiro atoms. The van der Waals surface area contributed by atoms with E-state index in [1.54, 1.807) is 5.92 Å². The molecule has 0 heterocycles. The quantitative estimate of drug-likeness (QED) is 0.620. The van der Waals surface area contributed by atoms with E-state index in [9.17, 15) is 0 Å². The molecule has 1 aliphatic carbocycles. The average molecular weight is 159 g/mol. The lowest BCUT2D eigenvalue weighted by Crippen LogP contribution is -2.09. The van der Waals surface area contributed by atoms with E-state index in [4.69, 9.17) is 0 Å². The molecule has 0 saturated heterocycles. The van der Waals surface area contributed by atoms with Crippen LogP contribution in [0, 0.1) is 5.92 Å². The number of aryl methyl sites for hydroxylation is 1. The van der Waals surface area contributed by atoms with Gasteiger partial charge in [-0.2, -0.15) is 0 Å². The van der Waals surface area contributed by atoms with Crippen LogP contribution in [0.2, 0.25) is 0 Å². The van der Waals surface area contributed by atoms with Gasteiger partial charge in [-0.3, -0.25) is 0 Å². The van der Waals surface area contributed by atoms with Crippen molar-refractivity contribution in [1.29, 1.82) is 0 Å². The number of hydrogen-bond acceptors (Lipinski definition) is 0. The van der Waals surface area contributed by atoms with E-state index in [1.165, 1.54) is 30.4 Å². The molecule has 1 radical (unpaired) electrons. The van der Waals surface area contributed by atoms with Crippen LogP contribution >= 0.6 is 0 Å². The summed E-state index contributed by atoms with van der Waals surface area (Å²) >= 11 is 0. The minimum atomic E-state index is 1.15. The first kappa shape index (κ1) is 7.85. The molecule has 1 aliphatic rings. The fraction of sp³-hybridized carbons (Fsp3) is 0.417. The molecule has 0 nitrogen and oxygen atoms in total. The van der Waals surface area contributed by atoms with E-state index in [0.717, 1.165) is 6.42 Å². The summed E-state index contributed by atoms with van der Waals surface area (Å²) in [6, 6.07) is 9.04. The zero-order valence-electron chi connectivity index (χ0n) is 7.64. The van der Waals surface area contributed by atoms with E-state index >= 15 is 0 Å². The van der Waals surface area contributed by atoms with Crippen molar-refractivity contribution < 1.29 is 0 Å². The van der Waals surface area contributed by atoms with Crippen LogP contribution in [-0.2, 0) is 6.42 Å². The lowest BCUT2D eigenvalue weighted by molar-refractivity contribution is 0.577. The molecule has 0 N–H and O–H groups in total. The summed E-state index contributed by atoms with van der Waals surface area (Å²) in [7, 11) is 0. The van der Waals surface area contributed by atoms with Crippen molar-refractivity contribution in [2.45, 2.75) is 32.6 Å². The highest BCUT2D eigenvalue weighted by atomic mass is 14.2. The van der Waals surface area contributed by atoms with Gasteiger partial charge in [0, 0.05) is 5.92 Å². The van der Waals surface area contributed by atoms with Gasteiger partial charge < -0.3 is 0 Å². The van der Waals surface area contributed by atoms with Crippen LogP contribution in [0.15, 0.2) is 24.3 Å². The molecule has 0 aliphatic heterocycles. The van der Waals surface area contributed by atoms with E-state index in [-0.39, 0.29) is 0 Å². The summed E-state index contributed by atoms with van der Waals surface area (Å²) in [6.45, 7) is 2.20. The highest BCUT2D eigenvalue weighted by Crippen LogP contribution is 2.35. The van der Waals surface area contributed by atoms with Gasteiger partial charge in [0.15, 0.2) is 0 Å². The molecule has 63 valence electrons. The largest absolute Gasteiger partial charge is 0.0613 e. The van der Waals surface area contributed by atoms with E-state index in [2.05, 4.69) is 31.2 Å². The Hall–Kier alpha value is -0.780. The second-order valence-electron chi connectivity index (χ2n) is 3.51. The second kappa shape index (κ2) is 3.30. The smallest absolute Gasteiger partial charge is 0.00498 e. The predicted molar refractivity (Wildman–Crippen MR) is 52.0 cm³/mol. The van der Waals surface area contributed by atoms with Crippen molar-refractivity contribution in [2.75, 3.05) is 0 Å². The first-order valence-corrected chi connectivity index (χ1v) is 4.84. The molecule has 1 saturated carbocycles. The molecule has 1 aromatic rings. The molecule has 1 aromatic carbocycles. The Balaban J connectivity index is 2.13. The fourth-order valence-electron chi connectivity index (χ4n) is 1.62. The molecule has 2 rings (SSSR count). The predicted octanol–water partition coefficient (Wildman–Crippen LogP) is 3.36. The van der Waals surface area contributed by atoms with Gasteiger partial charge in [0.25, 0.3) is 0 Å². The van der Waals surface area contributed by atoms with Crippen molar-refractivity contribution in [3.8, 4) is 0 Å². The lowest BCUT2D eigenvalue weighted by atomic mass is 9.80. The Morgan fingerprint density at radius 2 is 1.75 bits per heavy atom. The van der Waals surface area contributed by atoms with Crippen LogP contribution in [0.5, 0.6) is 0 Å². The minimum absolute atomic E-state index is 1.15. The molecule has 0 aromatic heterocycles. The maximum absolute atomic E-state index is 2.27. The third-order valence-corrected chi connectivity index (χ3v) is 2.73. The topological polar surface area (TPSA) is 0 Å². The Bertz CT molecular complexity index is 241. The zero-order valence-corrected chi connectivity index (χ0v) is 7.64. The van der Waals surface area contributed by atoms with Crippen LogP contribution in [0.4, 0.5) is 0 Å². The Kier molecular flexibility index (Phi) is 2.16. The molecule has 0 bridgehead atoms. The van der Waals surface area contributed by atoms with Crippen molar-refractivity contribution in [3.05, 3.63) is 41.3 Å². The summed E-state index contributed by atoms with van der Waals surface area (Å²) in [6.07, 6.45) is 5.19. The Morgan fingerprint density at radius 3 is 2.17 bits per heavy atom. The maximum Gasteiger partial charge on any atom is 0.00498 e. The molecule has 0 unspecified atom stereocenters. The van der Waals surface area contributed by atoms with Crippen LogP contribution in [0.25, 0.3) is 0 Å². The monoisotopic (exact) mass is 159 g/mol. The van der Waals surface area contributed by atoms with Crippen LogP contribution in [0.1, 0.15) is 37.3 Å². The minimum Gasteiger partial charge on any atom is -0.0613 e. The normalized spacial score (nSPS) is 17.4. The number of rotatable bonds is 2. The van der Waals surface area contributed by atoms with E-state index < -0.39 is 0 Å². The lowest BCUT2D eigenvalue weighted by Gasteiger charge is -2.24. The molecule has 0 atom stereocenters. The van der Waals surface area contributed by atoms with Crippen molar-refractivity contribution in [1.82, 2.24) is 0 Å². The highest BCUT2D eigenvalue weighted by Gasteiger charge is 2.19. The van der Waals surface area contributed by atoms with Crippen molar-refractivity contribution in [3.63, 3.8) is 0 Å². The molecule has 0 heteroatoms. The summed E-state index contributed by atoms with van der Waals surface area (Å²) in [5.41, 5.74) is 2.91. The fourth-order valence-corrected chi connectivity index (χ4v) is 1.62. The zero-order chi connectivity index (χ0) is 8.39. The summed E-state index contributed by atoms with van der Waals surface area (Å²) in [5, 5.41) is 0. The molecular weight excluding hydrogens is 144 g/mol. The maximum atomic E-state index is 2.27. The van der Waals surface area contributed by atoms with Crippen LogP contribution < -0.4 is 0 Å². The van der Waals surface area contributed by atoms with Gasteiger partial charge >= 0.3 is 0 Å². The Labute approximate surface area is 74.6 Å². The third-order valence-electron chi connectivity index (χ3n) is 2.73. The molecule has 12 heavy (non-hydrogen) atoms. The van der Waals surface area contributed by atoms with Crippen molar-refractivity contribution >= 4 is 0 Å². The van der Waals surface area contributed by atoms with Gasteiger partial charge in [0.1, 0.15) is 0 Å². The van der Waals surface area contributed by atoms with Crippen molar-refractivity contribution in [2.24, 2.45) is 0 Å². The molecule has 1 fully saturated rings. The van der Waals surface area contributed by atoms with Gasteiger partial charge in [0.05, 0.1) is 0 Å². The van der Waals surface area contributed by atoms with E-state index in [1.807, 2.05) is 0 Å².